The molecular weight excluding hydrogens is 260 g/mol. The summed E-state index contributed by atoms with van der Waals surface area (Å²) in [4.78, 5) is 3.21. The van der Waals surface area contributed by atoms with E-state index in [-0.39, 0.29) is 0 Å². The van der Waals surface area contributed by atoms with Gasteiger partial charge >= 0.3 is 0 Å². The summed E-state index contributed by atoms with van der Waals surface area (Å²) in [6, 6.07) is 9.18. The zero-order chi connectivity index (χ0) is 13.5. The first kappa shape index (κ1) is 12.4. The standard InChI is InChI=1S/C19H20S/c1-13-6-8-14(9-7-13)15-10-11-17-16-4-2-3-5-18(16)20-19(17)12-15/h3,5-9,15H,2,4,10-12H2,1H3/t15-/m1/s1. The van der Waals surface area contributed by atoms with Crippen LogP contribution in [0.2, 0.25) is 0 Å². The molecule has 1 atom stereocenters. The van der Waals surface area contributed by atoms with Gasteiger partial charge in [-0.05, 0) is 67.7 Å². The minimum absolute atomic E-state index is 0.729. The van der Waals surface area contributed by atoms with Gasteiger partial charge in [0.25, 0.3) is 0 Å². The van der Waals surface area contributed by atoms with Crippen LogP contribution >= 0.6 is 11.3 Å². The zero-order valence-corrected chi connectivity index (χ0v) is 12.8. The molecule has 20 heavy (non-hydrogen) atoms. The van der Waals surface area contributed by atoms with Gasteiger partial charge < -0.3 is 0 Å². The molecule has 0 bridgehead atoms. The Morgan fingerprint density at radius 3 is 2.75 bits per heavy atom. The molecule has 102 valence electrons. The van der Waals surface area contributed by atoms with Crippen molar-refractivity contribution >= 4 is 17.4 Å². The minimum Gasteiger partial charge on any atom is -0.140 e. The molecule has 0 fully saturated rings. The van der Waals surface area contributed by atoms with Crippen LogP contribution in [-0.4, -0.2) is 0 Å². The fourth-order valence-corrected chi connectivity index (χ4v) is 5.03. The summed E-state index contributed by atoms with van der Waals surface area (Å²) in [5.74, 6) is 0.729. The predicted molar refractivity (Wildman–Crippen MR) is 87.6 cm³/mol. The number of aryl methyl sites for hydroxylation is 1. The molecule has 1 aromatic carbocycles. The molecule has 2 aromatic rings. The number of fused-ring (bicyclic) bond motifs is 3. The van der Waals surface area contributed by atoms with Crippen molar-refractivity contribution in [2.45, 2.75) is 44.9 Å². The van der Waals surface area contributed by atoms with Crippen molar-refractivity contribution in [3.8, 4) is 0 Å². The normalized spacial score (nSPS) is 20.6. The van der Waals surface area contributed by atoms with Gasteiger partial charge in [-0.15, -0.1) is 11.3 Å². The van der Waals surface area contributed by atoms with Gasteiger partial charge in [-0.1, -0.05) is 35.9 Å². The zero-order valence-electron chi connectivity index (χ0n) is 12.0. The Bertz CT molecular complexity index is 658. The van der Waals surface area contributed by atoms with Crippen molar-refractivity contribution in [2.75, 3.05) is 0 Å². The maximum atomic E-state index is 2.35. The summed E-state index contributed by atoms with van der Waals surface area (Å²) in [7, 11) is 0. The average Bonchev–Trinajstić information content (AvgIpc) is 2.85. The van der Waals surface area contributed by atoms with Crippen LogP contribution in [0.5, 0.6) is 0 Å². The Kier molecular flexibility index (Phi) is 3.03. The van der Waals surface area contributed by atoms with Crippen molar-refractivity contribution in [2.24, 2.45) is 0 Å². The number of thiophene rings is 1. The van der Waals surface area contributed by atoms with Crippen LogP contribution in [0.15, 0.2) is 30.3 Å². The molecule has 0 nitrogen and oxygen atoms in total. The Morgan fingerprint density at radius 1 is 1.05 bits per heavy atom. The third-order valence-corrected chi connectivity index (χ3v) is 6.05. The molecule has 0 aliphatic heterocycles. The first-order valence-electron chi connectivity index (χ1n) is 7.68. The summed E-state index contributed by atoms with van der Waals surface area (Å²) < 4.78 is 0. The lowest BCUT2D eigenvalue weighted by Crippen LogP contribution is -2.12. The van der Waals surface area contributed by atoms with Gasteiger partial charge in [-0.2, -0.15) is 0 Å². The average molecular weight is 280 g/mol. The maximum absolute atomic E-state index is 2.35. The summed E-state index contributed by atoms with van der Waals surface area (Å²) in [5.41, 5.74) is 6.28. The van der Waals surface area contributed by atoms with Crippen molar-refractivity contribution in [3.63, 3.8) is 0 Å². The van der Waals surface area contributed by atoms with E-state index in [1.54, 1.807) is 20.9 Å². The number of allylic oxidation sites excluding steroid dienone is 1. The highest BCUT2D eigenvalue weighted by Crippen LogP contribution is 2.42. The fourth-order valence-electron chi connectivity index (χ4n) is 3.62. The summed E-state index contributed by atoms with van der Waals surface area (Å²) >= 11 is 2.05. The van der Waals surface area contributed by atoms with E-state index in [1.165, 1.54) is 43.2 Å². The summed E-state index contributed by atoms with van der Waals surface area (Å²) in [6.07, 6.45) is 11.1. The van der Waals surface area contributed by atoms with Crippen LogP contribution in [0, 0.1) is 6.92 Å². The molecule has 2 aliphatic carbocycles. The first-order valence-corrected chi connectivity index (χ1v) is 8.49. The molecule has 1 heterocycles. The van der Waals surface area contributed by atoms with E-state index in [1.807, 2.05) is 0 Å². The highest BCUT2D eigenvalue weighted by atomic mass is 32.1. The van der Waals surface area contributed by atoms with E-state index in [9.17, 15) is 0 Å². The minimum atomic E-state index is 0.729. The van der Waals surface area contributed by atoms with Crippen molar-refractivity contribution < 1.29 is 0 Å². The molecule has 0 unspecified atom stereocenters. The molecule has 1 aromatic heterocycles. The number of benzene rings is 1. The van der Waals surface area contributed by atoms with Crippen LogP contribution in [0.4, 0.5) is 0 Å². The van der Waals surface area contributed by atoms with Crippen molar-refractivity contribution in [1.29, 1.82) is 0 Å². The third-order valence-electron chi connectivity index (χ3n) is 4.79. The Labute approximate surface area is 125 Å². The van der Waals surface area contributed by atoms with Crippen molar-refractivity contribution in [1.82, 2.24) is 0 Å². The molecule has 0 N–H and O–H groups in total. The van der Waals surface area contributed by atoms with Crippen LogP contribution in [0.25, 0.3) is 6.08 Å². The van der Waals surface area contributed by atoms with Gasteiger partial charge in [0.1, 0.15) is 0 Å². The summed E-state index contributed by atoms with van der Waals surface area (Å²) in [5, 5.41) is 0. The Balaban J connectivity index is 1.65. The number of rotatable bonds is 1. The molecule has 0 amide bonds. The van der Waals surface area contributed by atoms with Gasteiger partial charge in [0.05, 0.1) is 0 Å². The highest BCUT2D eigenvalue weighted by molar-refractivity contribution is 7.13. The quantitative estimate of drug-likeness (QED) is 0.666. The second-order valence-electron chi connectivity index (χ2n) is 6.14. The van der Waals surface area contributed by atoms with E-state index in [0.717, 1.165) is 5.92 Å². The number of hydrogen-bond acceptors (Lipinski definition) is 1. The van der Waals surface area contributed by atoms with Gasteiger partial charge in [0.2, 0.25) is 0 Å². The van der Waals surface area contributed by atoms with Gasteiger partial charge in [-0.3, -0.25) is 0 Å². The maximum Gasteiger partial charge on any atom is 0.0305 e. The van der Waals surface area contributed by atoms with E-state index in [0.29, 0.717) is 0 Å². The predicted octanol–water partition coefficient (Wildman–Crippen LogP) is 5.29. The van der Waals surface area contributed by atoms with E-state index in [4.69, 9.17) is 0 Å². The summed E-state index contributed by atoms with van der Waals surface area (Å²) in [6.45, 7) is 2.17. The largest absolute Gasteiger partial charge is 0.140 e. The van der Waals surface area contributed by atoms with E-state index < -0.39 is 0 Å². The lowest BCUT2D eigenvalue weighted by molar-refractivity contribution is 0.589. The first-order chi connectivity index (χ1) is 9.81. The molecule has 0 spiro atoms. The molecule has 0 saturated carbocycles. The monoisotopic (exact) mass is 280 g/mol. The lowest BCUT2D eigenvalue weighted by Gasteiger charge is -2.23. The topological polar surface area (TPSA) is 0 Å². The Morgan fingerprint density at radius 2 is 1.90 bits per heavy atom. The van der Waals surface area contributed by atoms with Crippen LogP contribution in [0.1, 0.15) is 50.8 Å². The third kappa shape index (κ3) is 2.05. The second kappa shape index (κ2) is 4.89. The molecule has 0 radical (unpaired) electrons. The molecule has 4 rings (SSSR count). The van der Waals surface area contributed by atoms with Gasteiger partial charge in [-0.25, -0.2) is 0 Å². The van der Waals surface area contributed by atoms with E-state index in [2.05, 4.69) is 54.7 Å². The molecule has 0 saturated heterocycles. The van der Waals surface area contributed by atoms with E-state index >= 15 is 0 Å². The van der Waals surface area contributed by atoms with Crippen molar-refractivity contribution in [3.05, 3.63) is 62.3 Å². The SMILES string of the molecule is Cc1ccc([C@@H]2CCc3c(sc4c3CCC=C4)C2)cc1. The van der Waals surface area contributed by atoms with Gasteiger partial charge in [0, 0.05) is 9.75 Å². The van der Waals surface area contributed by atoms with Gasteiger partial charge in [0.15, 0.2) is 0 Å². The lowest BCUT2D eigenvalue weighted by atomic mass is 9.81. The Hall–Kier alpha value is -1.34. The molecule has 2 aliphatic rings. The molecular formula is C19H20S. The van der Waals surface area contributed by atoms with Crippen LogP contribution in [-0.2, 0) is 19.3 Å². The smallest absolute Gasteiger partial charge is 0.0305 e. The highest BCUT2D eigenvalue weighted by Gasteiger charge is 2.26. The fraction of sp³-hybridized carbons (Fsp3) is 0.368. The second-order valence-corrected chi connectivity index (χ2v) is 7.27. The van der Waals surface area contributed by atoms with Crippen LogP contribution in [0.3, 0.4) is 0 Å². The molecule has 1 heteroatoms. The number of hydrogen-bond donors (Lipinski definition) is 0. The van der Waals surface area contributed by atoms with Crippen LogP contribution < -0.4 is 0 Å².